The van der Waals surface area contributed by atoms with Crippen LogP contribution in [0.4, 0.5) is 0 Å². The summed E-state index contributed by atoms with van der Waals surface area (Å²) in [4.78, 5) is 27.8. The SMILES string of the molecule is COc1ccc(C)cc1/C(O)=C1\C(=O)C(=O)N(CC2CCCO2)C1c1cccc(C)c1. The number of ketones is 1. The van der Waals surface area contributed by atoms with E-state index in [-0.39, 0.29) is 17.4 Å². The van der Waals surface area contributed by atoms with Gasteiger partial charge in [0.2, 0.25) is 0 Å². The highest BCUT2D eigenvalue weighted by Crippen LogP contribution is 2.41. The van der Waals surface area contributed by atoms with Gasteiger partial charge in [-0.25, -0.2) is 0 Å². The molecule has 6 nitrogen and oxygen atoms in total. The molecule has 31 heavy (non-hydrogen) atoms. The van der Waals surface area contributed by atoms with E-state index < -0.39 is 17.7 Å². The molecular formula is C25H27NO5. The molecule has 0 saturated carbocycles. The molecule has 0 spiro atoms. The van der Waals surface area contributed by atoms with Crippen LogP contribution in [0.15, 0.2) is 48.0 Å². The van der Waals surface area contributed by atoms with Crippen LogP contribution in [0.5, 0.6) is 5.75 Å². The van der Waals surface area contributed by atoms with Crippen LogP contribution in [0.3, 0.4) is 0 Å². The number of likely N-dealkylation sites (tertiary alicyclic amines) is 1. The Labute approximate surface area is 182 Å². The van der Waals surface area contributed by atoms with Crippen molar-refractivity contribution in [3.05, 3.63) is 70.3 Å². The predicted octanol–water partition coefficient (Wildman–Crippen LogP) is 3.91. The summed E-state index contributed by atoms with van der Waals surface area (Å²) in [5, 5.41) is 11.3. The van der Waals surface area contributed by atoms with E-state index >= 15 is 0 Å². The van der Waals surface area contributed by atoms with E-state index in [1.54, 1.807) is 17.0 Å². The van der Waals surface area contributed by atoms with E-state index in [0.29, 0.717) is 24.5 Å². The molecule has 0 radical (unpaired) electrons. The molecule has 162 valence electrons. The van der Waals surface area contributed by atoms with Crippen LogP contribution in [0.2, 0.25) is 0 Å². The summed E-state index contributed by atoms with van der Waals surface area (Å²) in [7, 11) is 1.51. The van der Waals surface area contributed by atoms with Crippen LogP contribution in [0, 0.1) is 13.8 Å². The molecule has 2 saturated heterocycles. The first-order valence-electron chi connectivity index (χ1n) is 10.5. The predicted molar refractivity (Wildman–Crippen MR) is 117 cm³/mol. The van der Waals surface area contributed by atoms with Gasteiger partial charge in [0.1, 0.15) is 11.5 Å². The Morgan fingerprint density at radius 2 is 1.94 bits per heavy atom. The molecule has 2 aromatic rings. The van der Waals surface area contributed by atoms with Crippen molar-refractivity contribution in [2.45, 2.75) is 38.8 Å². The van der Waals surface area contributed by atoms with Crippen molar-refractivity contribution in [3.63, 3.8) is 0 Å². The molecule has 1 amide bonds. The highest BCUT2D eigenvalue weighted by molar-refractivity contribution is 6.46. The highest BCUT2D eigenvalue weighted by atomic mass is 16.5. The Hall–Kier alpha value is -3.12. The maximum atomic E-state index is 13.2. The van der Waals surface area contributed by atoms with E-state index in [0.717, 1.165) is 29.5 Å². The van der Waals surface area contributed by atoms with Gasteiger partial charge in [-0.2, -0.15) is 0 Å². The number of aryl methyl sites for hydroxylation is 2. The van der Waals surface area contributed by atoms with Gasteiger partial charge < -0.3 is 19.5 Å². The largest absolute Gasteiger partial charge is 0.507 e. The van der Waals surface area contributed by atoms with E-state index in [2.05, 4.69) is 0 Å². The second-order valence-electron chi connectivity index (χ2n) is 8.20. The normalized spacial score (nSPS) is 22.9. The van der Waals surface area contributed by atoms with Crippen LogP contribution in [-0.4, -0.2) is 48.1 Å². The van der Waals surface area contributed by atoms with Crippen LogP contribution < -0.4 is 4.74 Å². The lowest BCUT2D eigenvalue weighted by Crippen LogP contribution is -2.36. The molecule has 4 rings (SSSR count). The van der Waals surface area contributed by atoms with E-state index in [4.69, 9.17) is 9.47 Å². The minimum Gasteiger partial charge on any atom is -0.507 e. The molecular weight excluding hydrogens is 394 g/mol. The van der Waals surface area contributed by atoms with Crippen LogP contribution in [0.1, 0.15) is 41.1 Å². The molecule has 2 aromatic carbocycles. The fourth-order valence-corrected chi connectivity index (χ4v) is 4.41. The third kappa shape index (κ3) is 3.95. The average molecular weight is 421 g/mol. The summed E-state index contributed by atoms with van der Waals surface area (Å²) < 4.78 is 11.1. The number of hydrogen-bond donors (Lipinski definition) is 1. The molecule has 2 unspecified atom stereocenters. The van der Waals surface area contributed by atoms with Crippen molar-refractivity contribution in [1.29, 1.82) is 0 Å². The first-order valence-corrected chi connectivity index (χ1v) is 10.5. The van der Waals surface area contributed by atoms with E-state index in [9.17, 15) is 14.7 Å². The molecule has 2 aliphatic heterocycles. The zero-order valence-electron chi connectivity index (χ0n) is 18.1. The molecule has 0 aromatic heterocycles. The average Bonchev–Trinajstić information content (AvgIpc) is 3.35. The van der Waals surface area contributed by atoms with Crippen molar-refractivity contribution in [1.82, 2.24) is 4.90 Å². The molecule has 0 bridgehead atoms. The first-order chi connectivity index (χ1) is 14.9. The Kier molecular flexibility index (Phi) is 5.83. The third-order valence-electron chi connectivity index (χ3n) is 5.93. The van der Waals surface area contributed by atoms with Gasteiger partial charge in [0.15, 0.2) is 0 Å². The molecule has 2 heterocycles. The zero-order chi connectivity index (χ0) is 22.1. The Balaban J connectivity index is 1.88. The molecule has 2 atom stereocenters. The number of aliphatic hydroxyl groups excluding tert-OH is 1. The minimum atomic E-state index is -0.689. The summed E-state index contributed by atoms with van der Waals surface area (Å²) in [5.74, 6) is -1.09. The summed E-state index contributed by atoms with van der Waals surface area (Å²) in [6.07, 6.45) is 1.67. The van der Waals surface area contributed by atoms with Crippen molar-refractivity contribution < 1.29 is 24.2 Å². The number of hydrogen-bond acceptors (Lipinski definition) is 5. The number of benzene rings is 2. The molecule has 1 N–H and O–H groups in total. The number of aliphatic hydroxyl groups is 1. The number of rotatable bonds is 5. The third-order valence-corrected chi connectivity index (χ3v) is 5.93. The van der Waals surface area contributed by atoms with Crippen LogP contribution in [0.25, 0.3) is 5.76 Å². The second kappa shape index (κ2) is 8.55. The number of amides is 1. The topological polar surface area (TPSA) is 76.1 Å². The van der Waals surface area contributed by atoms with Gasteiger partial charge in [-0.05, 0) is 44.4 Å². The van der Waals surface area contributed by atoms with Crippen molar-refractivity contribution >= 4 is 17.4 Å². The van der Waals surface area contributed by atoms with Crippen molar-refractivity contribution in [2.75, 3.05) is 20.3 Å². The number of ether oxygens (including phenoxy) is 2. The number of methoxy groups -OCH3 is 1. The molecule has 0 aliphatic carbocycles. The standard InChI is InChI=1S/C25H27NO5/c1-15-6-4-7-17(12-15)22-21(23(27)19-13-16(2)9-10-20(19)30-3)24(28)25(29)26(22)14-18-8-5-11-31-18/h4,6-7,9-10,12-13,18,22,27H,5,8,11,14H2,1-3H3/b23-21+. The summed E-state index contributed by atoms with van der Waals surface area (Å²) >= 11 is 0. The lowest BCUT2D eigenvalue weighted by atomic mass is 9.93. The smallest absolute Gasteiger partial charge is 0.295 e. The Morgan fingerprint density at radius 3 is 2.61 bits per heavy atom. The number of nitrogens with zero attached hydrogens (tertiary/aromatic N) is 1. The van der Waals surface area contributed by atoms with Gasteiger partial charge in [0, 0.05) is 13.2 Å². The number of carbonyl (C=O) groups is 2. The summed E-state index contributed by atoms with van der Waals surface area (Å²) in [5.41, 5.74) is 3.18. The Morgan fingerprint density at radius 1 is 1.16 bits per heavy atom. The van der Waals surface area contributed by atoms with Crippen LogP contribution in [-0.2, 0) is 14.3 Å². The van der Waals surface area contributed by atoms with Crippen molar-refractivity contribution in [2.24, 2.45) is 0 Å². The monoisotopic (exact) mass is 421 g/mol. The van der Waals surface area contributed by atoms with Gasteiger partial charge in [0.25, 0.3) is 11.7 Å². The van der Waals surface area contributed by atoms with E-state index in [1.807, 2.05) is 44.2 Å². The minimum absolute atomic E-state index is 0.0810. The lowest BCUT2D eigenvalue weighted by molar-refractivity contribution is -0.140. The van der Waals surface area contributed by atoms with Crippen molar-refractivity contribution in [3.8, 4) is 5.75 Å². The van der Waals surface area contributed by atoms with E-state index in [1.165, 1.54) is 7.11 Å². The quantitative estimate of drug-likeness (QED) is 0.450. The van der Waals surface area contributed by atoms with Gasteiger partial charge in [-0.1, -0.05) is 41.5 Å². The van der Waals surface area contributed by atoms with Gasteiger partial charge in [-0.3, -0.25) is 9.59 Å². The van der Waals surface area contributed by atoms with Gasteiger partial charge in [0.05, 0.1) is 30.4 Å². The number of Topliss-reactive ketones (excluding diaryl/α,β-unsaturated/α-hetero) is 1. The molecule has 2 fully saturated rings. The molecule has 6 heteroatoms. The maximum Gasteiger partial charge on any atom is 0.295 e. The zero-order valence-corrected chi connectivity index (χ0v) is 18.1. The fraction of sp³-hybridized carbons (Fsp3) is 0.360. The fourth-order valence-electron chi connectivity index (χ4n) is 4.41. The van der Waals surface area contributed by atoms with Gasteiger partial charge in [-0.15, -0.1) is 0 Å². The maximum absolute atomic E-state index is 13.2. The highest BCUT2D eigenvalue weighted by Gasteiger charge is 2.47. The second-order valence-corrected chi connectivity index (χ2v) is 8.20. The Bertz CT molecular complexity index is 1050. The van der Waals surface area contributed by atoms with Crippen LogP contribution >= 0.6 is 0 Å². The first kappa shape index (κ1) is 21.1. The lowest BCUT2D eigenvalue weighted by Gasteiger charge is -2.27. The molecule has 2 aliphatic rings. The summed E-state index contributed by atoms with van der Waals surface area (Å²) in [6.45, 7) is 4.82. The summed E-state index contributed by atoms with van der Waals surface area (Å²) in [6, 6.07) is 12.4. The number of carbonyl (C=O) groups excluding carboxylic acids is 2. The van der Waals surface area contributed by atoms with Gasteiger partial charge >= 0.3 is 0 Å².